The van der Waals surface area contributed by atoms with Gasteiger partial charge in [-0.15, -0.1) is 11.3 Å². The molecule has 4 nitrogen and oxygen atoms in total. The molecule has 0 aliphatic rings. The first-order valence-electron chi connectivity index (χ1n) is 7.69. The maximum atomic E-state index is 12.5. The molecule has 1 unspecified atom stereocenters. The van der Waals surface area contributed by atoms with E-state index in [1.165, 1.54) is 11.3 Å². The minimum atomic E-state index is -3.41. The van der Waals surface area contributed by atoms with E-state index >= 15 is 0 Å². The average molecular weight is 333 g/mol. The van der Waals surface area contributed by atoms with Gasteiger partial charge in [-0.1, -0.05) is 40.0 Å². The standard InChI is InChI=1S/C15H28N2O2S2/c1-5-6-7-8-13(4)17-21(18,19)15-9-10-20-14(15)11-16-12(2)3/h9-10,12-13,16-17H,5-8,11H2,1-4H3. The highest BCUT2D eigenvalue weighted by Gasteiger charge is 2.21. The van der Waals surface area contributed by atoms with Crippen LogP contribution < -0.4 is 10.0 Å². The quantitative estimate of drug-likeness (QED) is 0.645. The molecule has 0 radical (unpaired) electrons. The fourth-order valence-corrected chi connectivity index (χ4v) is 4.75. The molecule has 0 spiro atoms. The molecule has 6 heteroatoms. The van der Waals surface area contributed by atoms with Crippen molar-refractivity contribution in [2.75, 3.05) is 0 Å². The molecule has 0 bridgehead atoms. The zero-order valence-corrected chi connectivity index (χ0v) is 15.1. The molecule has 1 aromatic heterocycles. The summed E-state index contributed by atoms with van der Waals surface area (Å²) >= 11 is 1.49. The minimum Gasteiger partial charge on any atom is -0.310 e. The van der Waals surface area contributed by atoms with Crippen LogP contribution in [-0.4, -0.2) is 20.5 Å². The molecule has 1 atom stereocenters. The van der Waals surface area contributed by atoms with Crippen molar-refractivity contribution in [3.8, 4) is 0 Å². The van der Waals surface area contributed by atoms with Crippen molar-refractivity contribution in [2.45, 2.75) is 76.9 Å². The molecule has 122 valence electrons. The predicted octanol–water partition coefficient (Wildman–Crippen LogP) is 3.49. The van der Waals surface area contributed by atoms with E-state index in [0.717, 1.165) is 30.6 Å². The van der Waals surface area contributed by atoms with Crippen LogP contribution in [0.3, 0.4) is 0 Å². The third-order valence-electron chi connectivity index (χ3n) is 3.26. The number of rotatable bonds is 10. The summed E-state index contributed by atoms with van der Waals surface area (Å²) < 4.78 is 27.7. The van der Waals surface area contributed by atoms with Crippen LogP contribution in [0.15, 0.2) is 16.3 Å². The van der Waals surface area contributed by atoms with Gasteiger partial charge in [-0.05, 0) is 24.8 Å². The highest BCUT2D eigenvalue weighted by Crippen LogP contribution is 2.22. The van der Waals surface area contributed by atoms with Crippen molar-refractivity contribution >= 4 is 21.4 Å². The first-order valence-corrected chi connectivity index (χ1v) is 10.0. The monoisotopic (exact) mass is 332 g/mol. The van der Waals surface area contributed by atoms with Gasteiger partial charge >= 0.3 is 0 Å². The van der Waals surface area contributed by atoms with Gasteiger partial charge < -0.3 is 5.32 Å². The molecule has 0 aliphatic heterocycles. The van der Waals surface area contributed by atoms with Crippen LogP contribution in [0.1, 0.15) is 58.3 Å². The summed E-state index contributed by atoms with van der Waals surface area (Å²) in [6, 6.07) is 2.01. The van der Waals surface area contributed by atoms with E-state index in [4.69, 9.17) is 0 Å². The lowest BCUT2D eigenvalue weighted by molar-refractivity contribution is 0.525. The van der Waals surface area contributed by atoms with Crippen LogP contribution in [0.2, 0.25) is 0 Å². The molecule has 0 fully saturated rings. The van der Waals surface area contributed by atoms with Gasteiger partial charge in [0.15, 0.2) is 0 Å². The Morgan fingerprint density at radius 2 is 1.95 bits per heavy atom. The molecule has 0 aliphatic carbocycles. The first-order chi connectivity index (χ1) is 9.86. The number of sulfonamides is 1. The third kappa shape index (κ3) is 6.46. The first kappa shape index (κ1) is 18.6. The maximum absolute atomic E-state index is 12.5. The Morgan fingerprint density at radius 3 is 2.57 bits per heavy atom. The number of thiophene rings is 1. The number of hydrogen-bond acceptors (Lipinski definition) is 4. The molecule has 0 aromatic carbocycles. The van der Waals surface area contributed by atoms with Crippen LogP contribution in [0.4, 0.5) is 0 Å². The Kier molecular flexibility index (Phi) is 7.87. The van der Waals surface area contributed by atoms with Gasteiger partial charge in [0.05, 0.1) is 4.90 Å². The second-order valence-corrected chi connectivity index (χ2v) is 8.44. The number of unbranched alkanes of at least 4 members (excludes halogenated alkanes) is 2. The van der Waals surface area contributed by atoms with Crippen LogP contribution in [-0.2, 0) is 16.6 Å². The zero-order chi connectivity index (χ0) is 15.9. The second kappa shape index (κ2) is 8.88. The summed E-state index contributed by atoms with van der Waals surface area (Å²) in [4.78, 5) is 1.29. The van der Waals surface area contributed by atoms with E-state index in [1.807, 2.05) is 12.3 Å². The predicted molar refractivity (Wildman–Crippen MR) is 90.2 cm³/mol. The van der Waals surface area contributed by atoms with E-state index in [9.17, 15) is 8.42 Å². The Balaban J connectivity index is 2.67. The molecule has 1 heterocycles. The largest absolute Gasteiger partial charge is 0.310 e. The van der Waals surface area contributed by atoms with Gasteiger partial charge in [0, 0.05) is 23.5 Å². The summed E-state index contributed by atoms with van der Waals surface area (Å²) in [5.74, 6) is 0. The molecule has 2 N–H and O–H groups in total. The van der Waals surface area contributed by atoms with Gasteiger partial charge in [0.1, 0.15) is 0 Å². The van der Waals surface area contributed by atoms with E-state index in [-0.39, 0.29) is 6.04 Å². The lowest BCUT2D eigenvalue weighted by Gasteiger charge is -2.15. The van der Waals surface area contributed by atoms with Crippen molar-refractivity contribution in [2.24, 2.45) is 0 Å². The lowest BCUT2D eigenvalue weighted by atomic mass is 10.1. The van der Waals surface area contributed by atoms with Gasteiger partial charge in [-0.2, -0.15) is 0 Å². The third-order valence-corrected chi connectivity index (χ3v) is 5.99. The highest BCUT2D eigenvalue weighted by atomic mass is 32.2. The average Bonchev–Trinajstić information content (AvgIpc) is 2.85. The Labute approximate surface area is 133 Å². The molecule has 1 rings (SSSR count). The molecule has 1 aromatic rings. The summed E-state index contributed by atoms with van der Waals surface area (Å²) in [5.41, 5.74) is 0. The van der Waals surface area contributed by atoms with Gasteiger partial charge in [0.25, 0.3) is 0 Å². The molecule has 0 saturated heterocycles. The van der Waals surface area contributed by atoms with Crippen molar-refractivity contribution in [1.82, 2.24) is 10.0 Å². The van der Waals surface area contributed by atoms with Gasteiger partial charge in [0.2, 0.25) is 10.0 Å². The summed E-state index contributed by atoms with van der Waals surface area (Å²) in [6.45, 7) is 8.78. The smallest absolute Gasteiger partial charge is 0.241 e. The fraction of sp³-hybridized carbons (Fsp3) is 0.733. The maximum Gasteiger partial charge on any atom is 0.241 e. The van der Waals surface area contributed by atoms with E-state index in [2.05, 4.69) is 30.8 Å². The van der Waals surface area contributed by atoms with Crippen LogP contribution in [0, 0.1) is 0 Å². The highest BCUT2D eigenvalue weighted by molar-refractivity contribution is 7.89. The van der Waals surface area contributed by atoms with Gasteiger partial charge in [-0.3, -0.25) is 0 Å². The van der Waals surface area contributed by atoms with E-state index < -0.39 is 10.0 Å². The topological polar surface area (TPSA) is 58.2 Å². The number of hydrogen-bond donors (Lipinski definition) is 2. The normalized spacial score (nSPS) is 13.8. The van der Waals surface area contributed by atoms with Crippen molar-refractivity contribution in [3.05, 3.63) is 16.3 Å². The number of nitrogens with one attached hydrogen (secondary N) is 2. The fourth-order valence-electron chi connectivity index (χ4n) is 2.08. The van der Waals surface area contributed by atoms with Crippen LogP contribution >= 0.6 is 11.3 Å². The van der Waals surface area contributed by atoms with E-state index in [1.54, 1.807) is 6.07 Å². The van der Waals surface area contributed by atoms with E-state index in [0.29, 0.717) is 17.5 Å². The van der Waals surface area contributed by atoms with Gasteiger partial charge in [-0.25, -0.2) is 13.1 Å². The molecule has 0 saturated carbocycles. The van der Waals surface area contributed by atoms with Crippen molar-refractivity contribution in [3.63, 3.8) is 0 Å². The molecule has 21 heavy (non-hydrogen) atoms. The van der Waals surface area contributed by atoms with Crippen molar-refractivity contribution in [1.29, 1.82) is 0 Å². The van der Waals surface area contributed by atoms with Crippen molar-refractivity contribution < 1.29 is 8.42 Å². The lowest BCUT2D eigenvalue weighted by Crippen LogP contribution is -2.33. The molecular weight excluding hydrogens is 304 g/mol. The second-order valence-electron chi connectivity index (χ2n) is 5.76. The minimum absolute atomic E-state index is 0.0210. The van der Waals surface area contributed by atoms with Crippen LogP contribution in [0.5, 0.6) is 0 Å². The Hall–Kier alpha value is -0.430. The summed E-state index contributed by atoms with van der Waals surface area (Å²) in [5, 5.41) is 5.11. The summed E-state index contributed by atoms with van der Waals surface area (Å²) in [7, 11) is -3.41. The molecule has 0 amide bonds. The van der Waals surface area contributed by atoms with Crippen LogP contribution in [0.25, 0.3) is 0 Å². The SMILES string of the molecule is CCCCCC(C)NS(=O)(=O)c1ccsc1CNC(C)C. The zero-order valence-electron chi connectivity index (χ0n) is 13.5. The summed E-state index contributed by atoms with van der Waals surface area (Å²) in [6.07, 6.45) is 4.24. The Morgan fingerprint density at radius 1 is 1.24 bits per heavy atom. The molecular formula is C15H28N2O2S2. The Bertz CT molecular complexity index is 509.